The van der Waals surface area contributed by atoms with Crippen LogP contribution >= 0.6 is 23.1 Å². The van der Waals surface area contributed by atoms with Gasteiger partial charge in [-0.3, -0.25) is 0 Å². The Kier molecular flexibility index (Phi) is 6.03. The molecule has 1 fully saturated rings. The summed E-state index contributed by atoms with van der Waals surface area (Å²) >= 11 is 2.98. The molecule has 0 saturated heterocycles. The lowest BCUT2D eigenvalue weighted by Crippen LogP contribution is -2.21. The van der Waals surface area contributed by atoms with Crippen molar-refractivity contribution in [2.24, 2.45) is 0 Å². The second kappa shape index (κ2) is 8.43. The fourth-order valence-corrected chi connectivity index (χ4v) is 4.31. The Balaban J connectivity index is 1.57. The van der Waals surface area contributed by atoms with Gasteiger partial charge in [0.05, 0.1) is 12.2 Å². The smallest absolute Gasteiger partial charge is 0.339 e. The molecule has 1 N–H and O–H groups in total. The van der Waals surface area contributed by atoms with Gasteiger partial charge in [-0.2, -0.15) is 0 Å². The van der Waals surface area contributed by atoms with Gasteiger partial charge in [0.2, 0.25) is 5.13 Å². The monoisotopic (exact) mass is 364 g/mol. The van der Waals surface area contributed by atoms with Crippen molar-refractivity contribution in [1.82, 2.24) is 15.2 Å². The number of ether oxygens (including phenoxy) is 1. The number of nitrogens with zero attached hydrogens (tertiary/aromatic N) is 3. The SMILES string of the molecule is CCOC(=O)c1ccc(Sc2nnc(NC3CCCCC3)s2)nc1. The van der Waals surface area contributed by atoms with E-state index in [0.29, 0.717) is 18.2 Å². The first kappa shape index (κ1) is 17.2. The highest BCUT2D eigenvalue weighted by molar-refractivity contribution is 8.01. The van der Waals surface area contributed by atoms with E-state index in [1.54, 1.807) is 19.1 Å². The zero-order chi connectivity index (χ0) is 16.8. The first-order valence-electron chi connectivity index (χ1n) is 8.15. The zero-order valence-electron chi connectivity index (χ0n) is 13.5. The lowest BCUT2D eigenvalue weighted by Gasteiger charge is -2.21. The molecule has 128 valence electrons. The summed E-state index contributed by atoms with van der Waals surface area (Å²) in [5, 5.41) is 13.5. The highest BCUT2D eigenvalue weighted by atomic mass is 32.2. The Morgan fingerprint density at radius 3 is 2.88 bits per heavy atom. The second-order valence-corrected chi connectivity index (χ2v) is 7.81. The first-order valence-corrected chi connectivity index (χ1v) is 9.79. The van der Waals surface area contributed by atoms with Gasteiger partial charge in [-0.15, -0.1) is 10.2 Å². The van der Waals surface area contributed by atoms with E-state index in [9.17, 15) is 4.79 Å². The fraction of sp³-hybridized carbons (Fsp3) is 0.500. The molecule has 0 atom stereocenters. The van der Waals surface area contributed by atoms with Gasteiger partial charge in [0.25, 0.3) is 0 Å². The third kappa shape index (κ3) is 4.67. The molecule has 0 aromatic carbocycles. The van der Waals surface area contributed by atoms with Gasteiger partial charge >= 0.3 is 5.97 Å². The number of aromatic nitrogens is 3. The third-order valence-corrected chi connectivity index (χ3v) is 5.63. The van der Waals surface area contributed by atoms with Crippen LogP contribution in [0.1, 0.15) is 49.4 Å². The molecule has 2 aromatic heterocycles. The van der Waals surface area contributed by atoms with Gasteiger partial charge in [-0.1, -0.05) is 30.6 Å². The Bertz CT molecular complexity index is 669. The molecule has 0 spiro atoms. The number of hydrogen-bond acceptors (Lipinski definition) is 8. The molecule has 0 amide bonds. The number of carbonyl (C=O) groups excluding carboxylic acids is 1. The largest absolute Gasteiger partial charge is 0.462 e. The Morgan fingerprint density at radius 2 is 2.17 bits per heavy atom. The van der Waals surface area contributed by atoms with Crippen LogP contribution in [0.4, 0.5) is 5.13 Å². The van der Waals surface area contributed by atoms with E-state index in [0.717, 1.165) is 14.5 Å². The molecule has 2 aromatic rings. The van der Waals surface area contributed by atoms with Crippen LogP contribution in [-0.2, 0) is 4.74 Å². The molecule has 6 nitrogen and oxygen atoms in total. The van der Waals surface area contributed by atoms with E-state index in [4.69, 9.17) is 4.74 Å². The number of carbonyl (C=O) groups is 1. The molecule has 0 unspecified atom stereocenters. The summed E-state index contributed by atoms with van der Waals surface area (Å²) in [5.74, 6) is -0.351. The maximum absolute atomic E-state index is 11.6. The van der Waals surface area contributed by atoms with E-state index in [-0.39, 0.29) is 5.97 Å². The molecule has 1 aliphatic rings. The number of rotatable bonds is 6. The normalized spacial score (nSPS) is 15.2. The summed E-state index contributed by atoms with van der Waals surface area (Å²) in [6, 6.07) is 4.04. The number of hydrogen-bond donors (Lipinski definition) is 1. The Labute approximate surface area is 149 Å². The topological polar surface area (TPSA) is 77.0 Å². The highest BCUT2D eigenvalue weighted by Crippen LogP contribution is 2.32. The summed E-state index contributed by atoms with van der Waals surface area (Å²) in [5.41, 5.74) is 0.457. The predicted molar refractivity (Wildman–Crippen MR) is 94.7 cm³/mol. The summed E-state index contributed by atoms with van der Waals surface area (Å²) in [4.78, 5) is 15.9. The van der Waals surface area contributed by atoms with Crippen molar-refractivity contribution >= 4 is 34.2 Å². The van der Waals surface area contributed by atoms with Crippen LogP contribution in [0.15, 0.2) is 27.7 Å². The maximum atomic E-state index is 11.6. The lowest BCUT2D eigenvalue weighted by molar-refractivity contribution is 0.0525. The average molecular weight is 364 g/mol. The van der Waals surface area contributed by atoms with Gasteiger partial charge in [0.1, 0.15) is 5.03 Å². The molecule has 3 rings (SSSR count). The highest BCUT2D eigenvalue weighted by Gasteiger charge is 2.15. The minimum Gasteiger partial charge on any atom is -0.462 e. The van der Waals surface area contributed by atoms with E-state index in [2.05, 4.69) is 20.5 Å². The number of nitrogens with one attached hydrogen (secondary N) is 1. The summed E-state index contributed by atoms with van der Waals surface area (Å²) in [6.07, 6.45) is 7.85. The molecule has 1 saturated carbocycles. The average Bonchev–Trinajstić information content (AvgIpc) is 3.03. The van der Waals surface area contributed by atoms with Crippen molar-refractivity contribution in [3.63, 3.8) is 0 Å². The minimum absolute atomic E-state index is 0.351. The first-order chi connectivity index (χ1) is 11.7. The Morgan fingerprint density at radius 1 is 1.33 bits per heavy atom. The lowest BCUT2D eigenvalue weighted by atomic mass is 9.96. The van der Waals surface area contributed by atoms with E-state index in [1.165, 1.54) is 61.4 Å². The number of anilines is 1. The van der Waals surface area contributed by atoms with Crippen molar-refractivity contribution in [2.75, 3.05) is 11.9 Å². The molecule has 0 aliphatic heterocycles. The fourth-order valence-electron chi connectivity index (χ4n) is 2.60. The van der Waals surface area contributed by atoms with Crippen LogP contribution in [-0.4, -0.2) is 33.8 Å². The van der Waals surface area contributed by atoms with Crippen molar-refractivity contribution in [2.45, 2.75) is 54.4 Å². The second-order valence-electron chi connectivity index (χ2n) is 5.56. The summed E-state index contributed by atoms with van der Waals surface area (Å²) < 4.78 is 5.78. The van der Waals surface area contributed by atoms with Crippen molar-refractivity contribution in [3.05, 3.63) is 23.9 Å². The standard InChI is InChI=1S/C16H20N4O2S2/c1-2-22-14(21)11-8-9-13(17-10-11)23-16-20-19-15(24-16)18-12-6-4-3-5-7-12/h8-10,12H,2-7H2,1H3,(H,18,19). The molecule has 8 heteroatoms. The van der Waals surface area contributed by atoms with Crippen LogP contribution in [0.5, 0.6) is 0 Å². The Hall–Kier alpha value is -1.67. The van der Waals surface area contributed by atoms with Gasteiger partial charge in [0, 0.05) is 12.2 Å². The van der Waals surface area contributed by atoms with Crippen LogP contribution in [0.25, 0.3) is 0 Å². The van der Waals surface area contributed by atoms with Gasteiger partial charge in [0.15, 0.2) is 4.34 Å². The zero-order valence-corrected chi connectivity index (χ0v) is 15.2. The molecular formula is C16H20N4O2S2. The van der Waals surface area contributed by atoms with Gasteiger partial charge < -0.3 is 10.1 Å². The number of pyridine rings is 1. The summed E-state index contributed by atoms with van der Waals surface area (Å²) in [6.45, 7) is 2.14. The van der Waals surface area contributed by atoms with Crippen LogP contribution in [0.3, 0.4) is 0 Å². The summed E-state index contributed by atoms with van der Waals surface area (Å²) in [7, 11) is 0. The predicted octanol–water partition coefficient (Wildman–Crippen LogP) is 4.01. The third-order valence-electron chi connectivity index (χ3n) is 3.78. The van der Waals surface area contributed by atoms with E-state index < -0.39 is 0 Å². The molecular weight excluding hydrogens is 344 g/mol. The van der Waals surface area contributed by atoms with E-state index >= 15 is 0 Å². The maximum Gasteiger partial charge on any atom is 0.339 e. The quantitative estimate of drug-likeness (QED) is 0.776. The van der Waals surface area contributed by atoms with Crippen LogP contribution in [0.2, 0.25) is 0 Å². The molecule has 0 radical (unpaired) electrons. The van der Waals surface area contributed by atoms with Crippen LogP contribution < -0.4 is 5.32 Å². The van der Waals surface area contributed by atoms with Gasteiger partial charge in [-0.05, 0) is 43.7 Å². The van der Waals surface area contributed by atoms with Crippen LogP contribution in [0, 0.1) is 0 Å². The number of esters is 1. The van der Waals surface area contributed by atoms with Crippen molar-refractivity contribution < 1.29 is 9.53 Å². The van der Waals surface area contributed by atoms with Crippen molar-refractivity contribution in [1.29, 1.82) is 0 Å². The molecule has 2 heterocycles. The van der Waals surface area contributed by atoms with Gasteiger partial charge in [-0.25, -0.2) is 9.78 Å². The minimum atomic E-state index is -0.351. The van der Waals surface area contributed by atoms with E-state index in [1.807, 2.05) is 0 Å². The molecule has 1 aliphatic carbocycles. The molecule has 24 heavy (non-hydrogen) atoms. The molecule has 0 bridgehead atoms. The van der Waals surface area contributed by atoms with Crippen molar-refractivity contribution in [3.8, 4) is 0 Å².